The first-order chi connectivity index (χ1) is 14.5. The van der Waals surface area contributed by atoms with Gasteiger partial charge in [-0.3, -0.25) is 19.0 Å². The Labute approximate surface area is 184 Å². The summed E-state index contributed by atoms with van der Waals surface area (Å²) in [5.41, 5.74) is 1.52. The van der Waals surface area contributed by atoms with Gasteiger partial charge in [0, 0.05) is 36.4 Å². The molecule has 0 bridgehead atoms. The fraction of sp³-hybridized carbons (Fsp3) is 0.429. The van der Waals surface area contributed by atoms with E-state index < -0.39 is 16.2 Å². The van der Waals surface area contributed by atoms with Gasteiger partial charge in [-0.15, -0.1) is 11.3 Å². The van der Waals surface area contributed by atoms with Crippen LogP contribution in [0.1, 0.15) is 41.8 Å². The number of ketones is 1. The Balaban J connectivity index is 0.000000491. The van der Waals surface area contributed by atoms with Crippen LogP contribution in [0.4, 0.5) is 4.39 Å². The summed E-state index contributed by atoms with van der Waals surface area (Å²) in [6.07, 6.45) is 3.28. The van der Waals surface area contributed by atoms with E-state index in [0.29, 0.717) is 30.0 Å². The van der Waals surface area contributed by atoms with Gasteiger partial charge in [0.25, 0.3) is 10.1 Å². The predicted molar refractivity (Wildman–Crippen MR) is 114 cm³/mol. The molecule has 2 heterocycles. The van der Waals surface area contributed by atoms with Crippen LogP contribution in [0.15, 0.2) is 30.3 Å². The molecule has 10 heteroatoms. The van der Waals surface area contributed by atoms with Crippen molar-refractivity contribution in [2.75, 3.05) is 12.8 Å². The van der Waals surface area contributed by atoms with Crippen LogP contribution >= 0.6 is 11.3 Å². The zero-order valence-corrected chi connectivity index (χ0v) is 18.8. The lowest BCUT2D eigenvalue weighted by Crippen LogP contribution is -2.38. The van der Waals surface area contributed by atoms with Gasteiger partial charge in [0.2, 0.25) is 0 Å². The second kappa shape index (κ2) is 9.56. The highest BCUT2D eigenvalue weighted by molar-refractivity contribution is 7.85. The molecule has 1 atom stereocenters. The molecule has 2 aromatic rings. The van der Waals surface area contributed by atoms with Crippen LogP contribution in [0.3, 0.4) is 0 Å². The summed E-state index contributed by atoms with van der Waals surface area (Å²) in [7, 11) is -3.67. The highest BCUT2D eigenvalue weighted by Crippen LogP contribution is 2.41. The van der Waals surface area contributed by atoms with E-state index in [1.807, 2.05) is 6.07 Å². The SMILES string of the molecule is CC(=O)Oc1cc2c(s1)CCN(C(C(=O)C1CC1)c1ccccc1F)C2.CS(=O)(=O)O. The van der Waals surface area contributed by atoms with E-state index in [2.05, 4.69) is 4.90 Å². The Bertz CT molecular complexity index is 1070. The van der Waals surface area contributed by atoms with Crippen LogP contribution in [0.5, 0.6) is 5.06 Å². The lowest BCUT2D eigenvalue weighted by Gasteiger charge is -2.34. The van der Waals surface area contributed by atoms with Crippen molar-refractivity contribution in [2.24, 2.45) is 5.92 Å². The van der Waals surface area contributed by atoms with Crippen LogP contribution in [-0.4, -0.2) is 42.4 Å². The summed E-state index contributed by atoms with van der Waals surface area (Å²) in [6, 6.07) is 7.89. The van der Waals surface area contributed by atoms with Crippen molar-refractivity contribution in [3.05, 3.63) is 52.2 Å². The minimum absolute atomic E-state index is 0.0556. The predicted octanol–water partition coefficient (Wildman–Crippen LogP) is 3.40. The number of hydrogen-bond acceptors (Lipinski definition) is 7. The standard InChI is InChI=1S/C20H20FNO3S.CH4O3S/c1-12(23)25-18-10-14-11-22(9-8-17(14)26-18)19(20(24)13-6-7-13)15-4-2-3-5-16(15)21;1-5(2,3)4/h2-5,10,13,19H,6-9,11H2,1H3;1H3,(H,2,3,4). The van der Waals surface area contributed by atoms with Crippen molar-refractivity contribution < 1.29 is 31.7 Å². The van der Waals surface area contributed by atoms with Gasteiger partial charge in [0.15, 0.2) is 10.8 Å². The second-order valence-corrected chi connectivity index (χ2v) is 10.2. The third-order valence-corrected chi connectivity index (χ3v) is 6.05. The number of nitrogens with zero attached hydrogens (tertiary/aromatic N) is 1. The maximum Gasteiger partial charge on any atom is 0.308 e. The molecule has 0 spiro atoms. The number of hydrogen-bond donors (Lipinski definition) is 1. The first-order valence-electron chi connectivity index (χ1n) is 9.77. The molecule has 0 saturated heterocycles. The first kappa shape index (κ1) is 23.5. The van der Waals surface area contributed by atoms with Gasteiger partial charge in [0.1, 0.15) is 5.82 Å². The molecular formula is C21H24FNO6S2. The molecule has 168 valence electrons. The van der Waals surface area contributed by atoms with Gasteiger partial charge in [0.05, 0.1) is 12.3 Å². The maximum atomic E-state index is 14.4. The normalized spacial score (nSPS) is 17.2. The van der Waals surface area contributed by atoms with Crippen molar-refractivity contribution in [2.45, 2.75) is 38.8 Å². The Hall–Kier alpha value is -2.14. The minimum atomic E-state index is -3.67. The number of benzene rings is 1. The van der Waals surface area contributed by atoms with E-state index in [1.165, 1.54) is 29.2 Å². The van der Waals surface area contributed by atoms with Crippen LogP contribution < -0.4 is 4.74 Å². The highest BCUT2D eigenvalue weighted by atomic mass is 32.2. The lowest BCUT2D eigenvalue weighted by molar-refractivity contribution is -0.131. The molecule has 1 aromatic carbocycles. The molecule has 31 heavy (non-hydrogen) atoms. The van der Waals surface area contributed by atoms with Crippen LogP contribution in [0, 0.1) is 11.7 Å². The molecule has 1 aliphatic heterocycles. The van der Waals surface area contributed by atoms with Crippen molar-refractivity contribution >= 4 is 33.2 Å². The Morgan fingerprint density at radius 2 is 1.94 bits per heavy atom. The Morgan fingerprint density at radius 1 is 1.29 bits per heavy atom. The number of Topliss-reactive ketones (excluding diaryl/α,β-unsaturated/α-hetero) is 1. The summed E-state index contributed by atoms with van der Waals surface area (Å²) >= 11 is 1.47. The molecule has 1 aliphatic carbocycles. The fourth-order valence-corrected chi connectivity index (χ4v) is 4.61. The zero-order valence-electron chi connectivity index (χ0n) is 17.2. The molecule has 1 aromatic heterocycles. The number of ether oxygens (including phenoxy) is 1. The summed E-state index contributed by atoms with van der Waals surface area (Å²) in [6.45, 7) is 2.63. The Morgan fingerprint density at radius 3 is 2.52 bits per heavy atom. The third-order valence-electron chi connectivity index (χ3n) is 4.93. The average Bonchev–Trinajstić information content (AvgIpc) is 3.42. The molecule has 2 aliphatic rings. The lowest BCUT2D eigenvalue weighted by atomic mass is 9.95. The number of fused-ring (bicyclic) bond motifs is 1. The molecule has 7 nitrogen and oxygen atoms in total. The fourth-order valence-electron chi connectivity index (χ4n) is 3.56. The maximum absolute atomic E-state index is 14.4. The quantitative estimate of drug-likeness (QED) is 0.529. The molecule has 4 rings (SSSR count). The zero-order chi connectivity index (χ0) is 22.8. The smallest absolute Gasteiger partial charge is 0.308 e. The van der Waals surface area contributed by atoms with Gasteiger partial charge in [-0.1, -0.05) is 18.2 Å². The average molecular weight is 470 g/mol. The van der Waals surface area contributed by atoms with Crippen molar-refractivity contribution in [3.63, 3.8) is 0 Å². The second-order valence-electron chi connectivity index (χ2n) is 7.66. The number of carbonyl (C=O) groups excluding carboxylic acids is 2. The van der Waals surface area contributed by atoms with Crippen LogP contribution in [0.25, 0.3) is 0 Å². The molecule has 1 fully saturated rings. The largest absolute Gasteiger partial charge is 0.416 e. The van der Waals surface area contributed by atoms with Crippen LogP contribution in [-0.2, 0) is 32.7 Å². The van der Waals surface area contributed by atoms with E-state index in [9.17, 15) is 22.4 Å². The van der Waals surface area contributed by atoms with Gasteiger partial charge in [-0.05, 0) is 37.0 Å². The van der Waals surface area contributed by atoms with Crippen molar-refractivity contribution in [3.8, 4) is 5.06 Å². The summed E-state index contributed by atoms with van der Waals surface area (Å²) in [5.74, 6) is -0.495. The van der Waals surface area contributed by atoms with E-state index in [-0.39, 0.29) is 23.5 Å². The molecule has 0 amide bonds. The molecule has 0 radical (unpaired) electrons. The van der Waals surface area contributed by atoms with Gasteiger partial charge < -0.3 is 4.74 Å². The highest BCUT2D eigenvalue weighted by Gasteiger charge is 2.40. The number of halogens is 1. The summed E-state index contributed by atoms with van der Waals surface area (Å²) < 4.78 is 45.5. The Kier molecular flexibility index (Phi) is 7.25. The van der Waals surface area contributed by atoms with Crippen molar-refractivity contribution in [1.82, 2.24) is 4.90 Å². The summed E-state index contributed by atoms with van der Waals surface area (Å²) in [4.78, 5) is 27.4. The van der Waals surface area contributed by atoms with Gasteiger partial charge >= 0.3 is 5.97 Å². The molecule has 1 saturated carbocycles. The first-order valence-corrected chi connectivity index (χ1v) is 12.4. The number of thiophene rings is 1. The van der Waals surface area contributed by atoms with Crippen molar-refractivity contribution in [1.29, 1.82) is 0 Å². The number of esters is 1. The molecular weight excluding hydrogens is 445 g/mol. The topological polar surface area (TPSA) is 101 Å². The van der Waals surface area contributed by atoms with Gasteiger partial charge in [-0.25, -0.2) is 4.39 Å². The van der Waals surface area contributed by atoms with E-state index >= 15 is 0 Å². The molecule has 1 unspecified atom stereocenters. The van der Waals surface area contributed by atoms with E-state index in [1.54, 1.807) is 18.2 Å². The number of carbonyl (C=O) groups is 2. The van der Waals surface area contributed by atoms with Crippen LogP contribution in [0.2, 0.25) is 0 Å². The summed E-state index contributed by atoms with van der Waals surface area (Å²) in [5, 5.41) is 0.584. The van der Waals surface area contributed by atoms with E-state index in [4.69, 9.17) is 9.29 Å². The minimum Gasteiger partial charge on any atom is -0.416 e. The monoisotopic (exact) mass is 469 g/mol. The third kappa shape index (κ3) is 6.67. The van der Waals surface area contributed by atoms with Gasteiger partial charge in [-0.2, -0.15) is 8.42 Å². The van der Waals surface area contributed by atoms with E-state index in [0.717, 1.165) is 24.8 Å². The number of rotatable bonds is 5. The molecule has 1 N–H and O–H groups in total.